The molecule has 10 aromatic carbocycles. The van der Waals surface area contributed by atoms with Gasteiger partial charge in [0.2, 0.25) is 0 Å². The van der Waals surface area contributed by atoms with E-state index in [1.54, 1.807) is 0 Å². The van der Waals surface area contributed by atoms with E-state index in [2.05, 4.69) is 280 Å². The predicted molar refractivity (Wildman–Crippen MR) is 329 cm³/mol. The van der Waals surface area contributed by atoms with Crippen LogP contribution in [0.15, 0.2) is 227 Å². The van der Waals surface area contributed by atoms with Gasteiger partial charge in [0, 0.05) is 90.9 Å². The van der Waals surface area contributed by atoms with Gasteiger partial charge in [-0.2, -0.15) is 0 Å². The number of nitrogens with zero attached hydrogens (tertiary/aromatic N) is 4. The lowest BCUT2D eigenvalue weighted by Gasteiger charge is -2.44. The highest BCUT2D eigenvalue weighted by molar-refractivity contribution is 7.01. The Morgan fingerprint density at radius 3 is 1.33 bits per heavy atom. The third-order valence-electron chi connectivity index (χ3n) is 17.1. The maximum Gasteiger partial charge on any atom is 0.297 e. The molecule has 2 aromatic heterocycles. The summed E-state index contributed by atoms with van der Waals surface area (Å²) in [5, 5.41) is 3.26. The van der Waals surface area contributed by atoms with Crippen molar-refractivity contribution in [3.05, 3.63) is 230 Å². The molecule has 12 aromatic rings. The largest absolute Gasteiger partial charge is 0.468 e. The monoisotopic (exact) mass is 1000 g/mol. The predicted octanol–water partition coefficient (Wildman–Crippen LogP) is 15.1. The summed E-state index contributed by atoms with van der Waals surface area (Å²) in [7, 11) is 0. The van der Waals surface area contributed by atoms with E-state index < -0.39 is 0 Å². The lowest BCUT2D eigenvalue weighted by atomic mass is 9.33. The number of hydrogen-bond acceptors (Lipinski definition) is 6. The molecule has 0 radical (unpaired) electrons. The topological polar surface area (TPSA) is 39.2 Å². The SMILES string of the molecule is CC(C)(C)c1cccc(N2c3cc(C(C)(C)C)ccc3B3c4cc5c(cc4N(c4ccccc4)c4cccc2c43)oc2cc3c(cc25)B2c4oc5ccccc5c4N(c4ccccc4)c4cccc(c42)N3c2ccccc2)c1. The zero-order valence-electron chi connectivity index (χ0n) is 44.5. The van der Waals surface area contributed by atoms with E-state index in [1.165, 1.54) is 55.5 Å². The van der Waals surface area contributed by atoms with Crippen LogP contribution in [0.1, 0.15) is 52.7 Å². The minimum Gasteiger partial charge on any atom is -0.468 e. The van der Waals surface area contributed by atoms with E-state index in [9.17, 15) is 0 Å². The minimum absolute atomic E-state index is 0.0269. The molecule has 0 spiro atoms. The Morgan fingerprint density at radius 1 is 0.308 bits per heavy atom. The summed E-state index contributed by atoms with van der Waals surface area (Å²) in [5.41, 5.74) is 25.7. The molecule has 0 saturated heterocycles. The average Bonchev–Trinajstić information content (AvgIpc) is 3.66. The molecule has 0 fully saturated rings. The molecule has 0 N–H and O–H groups in total. The Morgan fingerprint density at radius 2 is 0.756 bits per heavy atom. The standard InChI is InChI=1S/C70H54B2N4O2/c1-69(2,3)43-21-18-28-48(37-43)75-56-31-19-30-55-65(56)71(52-36-35-44(38-59(52)75)70(4,5)6)53-39-50-51-40-54-61(42-64(51)77-63(50)41-60(53)73(55)45-22-10-7-11-23-45)74(46-24-12-8-13-25-46)57-32-20-33-58-66(57)72(54)68-67(49-29-16-17-34-62(49)78-68)76(58)47-26-14-9-15-27-47/h7-42H,1-6H3. The summed E-state index contributed by atoms with van der Waals surface area (Å²) in [6, 6.07) is 80.6. The molecule has 16 rings (SSSR count). The number of para-hydroxylation sites is 4. The summed E-state index contributed by atoms with van der Waals surface area (Å²) in [6.07, 6.45) is 0. The molecule has 4 aliphatic rings. The second kappa shape index (κ2) is 16.2. The Hall–Kier alpha value is -9.13. The van der Waals surface area contributed by atoms with Crippen molar-refractivity contribution in [2.24, 2.45) is 0 Å². The highest BCUT2D eigenvalue weighted by Crippen LogP contribution is 2.50. The first kappa shape index (κ1) is 45.1. The number of benzene rings is 10. The van der Waals surface area contributed by atoms with Gasteiger partial charge in [-0.1, -0.05) is 157 Å². The molecular weight excluding hydrogens is 950 g/mol. The molecule has 78 heavy (non-hydrogen) atoms. The van der Waals surface area contributed by atoms with E-state index in [4.69, 9.17) is 8.83 Å². The van der Waals surface area contributed by atoms with Crippen molar-refractivity contribution in [1.29, 1.82) is 0 Å². The third-order valence-corrected chi connectivity index (χ3v) is 17.1. The van der Waals surface area contributed by atoms with Gasteiger partial charge in [-0.3, -0.25) is 0 Å². The maximum atomic E-state index is 7.28. The summed E-state index contributed by atoms with van der Waals surface area (Å²) < 4.78 is 14.5. The highest BCUT2D eigenvalue weighted by Gasteiger charge is 2.48. The summed E-state index contributed by atoms with van der Waals surface area (Å²) >= 11 is 0. The highest BCUT2D eigenvalue weighted by atomic mass is 16.3. The van der Waals surface area contributed by atoms with Gasteiger partial charge in [0.25, 0.3) is 13.4 Å². The van der Waals surface area contributed by atoms with Crippen molar-refractivity contribution in [2.45, 2.75) is 52.4 Å². The lowest BCUT2D eigenvalue weighted by Crippen LogP contribution is -2.61. The molecule has 0 unspecified atom stereocenters. The van der Waals surface area contributed by atoms with E-state index in [-0.39, 0.29) is 24.3 Å². The van der Waals surface area contributed by atoms with Crippen LogP contribution in [0.2, 0.25) is 0 Å². The van der Waals surface area contributed by atoms with E-state index in [0.29, 0.717) is 0 Å². The summed E-state index contributed by atoms with van der Waals surface area (Å²) in [6.45, 7) is 13.6. The second-order valence-corrected chi connectivity index (χ2v) is 23.7. The number of fused-ring (bicyclic) bond motifs is 13. The molecule has 4 aliphatic heterocycles. The zero-order valence-corrected chi connectivity index (χ0v) is 44.5. The second-order valence-electron chi connectivity index (χ2n) is 23.7. The van der Waals surface area contributed by atoms with E-state index in [1.807, 2.05) is 0 Å². The van der Waals surface area contributed by atoms with Gasteiger partial charge < -0.3 is 28.4 Å². The lowest BCUT2D eigenvalue weighted by molar-refractivity contribution is 0.590. The van der Waals surface area contributed by atoms with Gasteiger partial charge in [-0.15, -0.1) is 0 Å². The smallest absolute Gasteiger partial charge is 0.297 e. The van der Waals surface area contributed by atoms with E-state index >= 15 is 0 Å². The molecule has 6 heterocycles. The van der Waals surface area contributed by atoms with Gasteiger partial charge in [0.15, 0.2) is 0 Å². The van der Waals surface area contributed by atoms with Crippen molar-refractivity contribution in [3.63, 3.8) is 0 Å². The van der Waals surface area contributed by atoms with Gasteiger partial charge in [0.05, 0.1) is 11.3 Å². The number of hydrogen-bond donors (Lipinski definition) is 0. The van der Waals surface area contributed by atoms with Crippen molar-refractivity contribution >= 4 is 148 Å². The fraction of sp³-hybridized carbons (Fsp3) is 0.114. The Kier molecular flexibility index (Phi) is 9.37. The van der Waals surface area contributed by atoms with Crippen LogP contribution < -0.4 is 52.6 Å². The molecule has 8 heteroatoms. The van der Waals surface area contributed by atoms with Crippen LogP contribution in [0.4, 0.5) is 68.2 Å². The summed E-state index contributed by atoms with van der Waals surface area (Å²) in [4.78, 5) is 9.87. The van der Waals surface area contributed by atoms with Crippen molar-refractivity contribution in [2.75, 3.05) is 19.6 Å². The van der Waals surface area contributed by atoms with E-state index in [0.717, 1.165) is 89.8 Å². The Labute approximate surface area is 455 Å². The molecule has 372 valence electrons. The molecule has 0 aliphatic carbocycles. The van der Waals surface area contributed by atoms with Crippen LogP contribution >= 0.6 is 0 Å². The number of furan rings is 2. The van der Waals surface area contributed by atoms with Crippen LogP contribution in [0.5, 0.6) is 0 Å². The van der Waals surface area contributed by atoms with Gasteiger partial charge in [-0.25, -0.2) is 0 Å². The normalized spacial score (nSPS) is 14.1. The fourth-order valence-corrected chi connectivity index (χ4v) is 13.5. The molecule has 6 nitrogen and oxygen atoms in total. The third kappa shape index (κ3) is 6.40. The minimum atomic E-state index is -0.214. The Balaban J connectivity index is 0.976. The van der Waals surface area contributed by atoms with Crippen LogP contribution in [-0.2, 0) is 10.8 Å². The first-order valence-corrected chi connectivity index (χ1v) is 27.4. The van der Waals surface area contributed by atoms with Gasteiger partial charge >= 0.3 is 0 Å². The molecule has 0 amide bonds. The van der Waals surface area contributed by atoms with Gasteiger partial charge in [0.1, 0.15) is 16.7 Å². The number of rotatable bonds is 4. The van der Waals surface area contributed by atoms with Crippen LogP contribution in [0.3, 0.4) is 0 Å². The fourth-order valence-electron chi connectivity index (χ4n) is 13.5. The maximum absolute atomic E-state index is 7.28. The quantitative estimate of drug-likeness (QED) is 0.164. The zero-order chi connectivity index (χ0) is 52.3. The van der Waals surface area contributed by atoms with Crippen LogP contribution in [-0.4, -0.2) is 13.4 Å². The molecule has 0 atom stereocenters. The van der Waals surface area contributed by atoms with Crippen LogP contribution in [0, 0.1) is 0 Å². The summed E-state index contributed by atoms with van der Waals surface area (Å²) in [5.74, 6) is 0. The van der Waals surface area contributed by atoms with Crippen molar-refractivity contribution in [3.8, 4) is 0 Å². The van der Waals surface area contributed by atoms with Crippen LogP contribution in [0.25, 0.3) is 32.9 Å². The molecule has 0 bridgehead atoms. The average molecular weight is 1000 g/mol. The van der Waals surface area contributed by atoms with Gasteiger partial charge in [-0.05, 0) is 140 Å². The first-order valence-electron chi connectivity index (χ1n) is 27.4. The van der Waals surface area contributed by atoms with Crippen molar-refractivity contribution in [1.82, 2.24) is 0 Å². The molecule has 0 saturated carbocycles. The number of anilines is 12. The van der Waals surface area contributed by atoms with Crippen molar-refractivity contribution < 1.29 is 8.83 Å². The first-order chi connectivity index (χ1) is 38.0. The Bertz CT molecular complexity index is 4460. The molecular formula is C70H54B2N4O2.